The van der Waals surface area contributed by atoms with Gasteiger partial charge < -0.3 is 14.6 Å². The Morgan fingerprint density at radius 2 is 1.87 bits per heavy atom. The van der Waals surface area contributed by atoms with Gasteiger partial charge in [0.25, 0.3) is 0 Å². The number of rotatable bonds is 3. The third-order valence-electron chi connectivity index (χ3n) is 6.50. The van der Waals surface area contributed by atoms with Crippen LogP contribution in [0.2, 0.25) is 0 Å². The fourth-order valence-corrected chi connectivity index (χ4v) is 5.08. The molecule has 0 saturated carbocycles. The number of carbonyl (C=O) groups excluding carboxylic acids is 1. The molecule has 2 atom stereocenters. The van der Waals surface area contributed by atoms with E-state index in [1.807, 2.05) is 61.5 Å². The number of aliphatic hydroxyl groups is 1. The highest BCUT2D eigenvalue weighted by Gasteiger charge is 2.49. The van der Waals surface area contributed by atoms with Crippen LogP contribution in [0.4, 0.5) is 4.79 Å². The van der Waals surface area contributed by atoms with Gasteiger partial charge >= 0.3 is 6.09 Å². The van der Waals surface area contributed by atoms with E-state index in [2.05, 4.69) is 4.98 Å². The second-order valence-electron chi connectivity index (χ2n) is 8.55. The molecule has 0 spiro atoms. The van der Waals surface area contributed by atoms with Gasteiger partial charge in [0.1, 0.15) is 6.61 Å². The molecule has 2 aliphatic rings. The predicted octanol–water partition coefficient (Wildman–Crippen LogP) is 3.93. The van der Waals surface area contributed by atoms with Crippen LogP contribution in [0.25, 0.3) is 10.9 Å². The summed E-state index contributed by atoms with van der Waals surface area (Å²) in [5.41, 5.74) is 2.68. The number of ether oxygens (including phenoxy) is 2. The summed E-state index contributed by atoms with van der Waals surface area (Å²) in [5, 5.41) is 12.8. The first-order chi connectivity index (χ1) is 15.0. The monoisotopic (exact) mass is 418 g/mol. The molecule has 3 heterocycles. The van der Waals surface area contributed by atoms with Crippen LogP contribution >= 0.6 is 0 Å². The standard InChI is InChI=1S/C25H26N2O4/c1-17-22(10-9-19-8-5-11-26-23(17)19)25(29)12-20-15-30-16-21(13-25)27(20)24(28)31-14-18-6-3-2-4-7-18/h2-11,20-21,29H,12-16H2,1H3. The average molecular weight is 418 g/mol. The van der Waals surface area contributed by atoms with Crippen LogP contribution in [0.5, 0.6) is 0 Å². The summed E-state index contributed by atoms with van der Waals surface area (Å²) in [4.78, 5) is 19.2. The maximum atomic E-state index is 12.9. The Kier molecular flexibility index (Phi) is 5.12. The van der Waals surface area contributed by atoms with Crippen LogP contribution in [0.1, 0.15) is 29.5 Å². The van der Waals surface area contributed by atoms with Crippen molar-refractivity contribution >= 4 is 17.0 Å². The number of hydrogen-bond acceptors (Lipinski definition) is 5. The molecule has 2 bridgehead atoms. The molecular formula is C25H26N2O4. The molecule has 1 aromatic heterocycles. The molecule has 6 nitrogen and oxygen atoms in total. The average Bonchev–Trinajstić information content (AvgIpc) is 2.78. The lowest BCUT2D eigenvalue weighted by molar-refractivity contribution is -0.137. The number of carbonyl (C=O) groups is 1. The van der Waals surface area contributed by atoms with Gasteiger partial charge in [-0.25, -0.2) is 4.79 Å². The Morgan fingerprint density at radius 3 is 2.61 bits per heavy atom. The lowest BCUT2D eigenvalue weighted by atomic mass is 9.75. The molecule has 160 valence electrons. The van der Waals surface area contributed by atoms with Gasteiger partial charge in [-0.1, -0.05) is 48.5 Å². The number of morpholine rings is 1. The lowest BCUT2D eigenvalue weighted by Crippen LogP contribution is -2.62. The Balaban J connectivity index is 1.38. The zero-order valence-corrected chi connectivity index (χ0v) is 17.5. The summed E-state index contributed by atoms with van der Waals surface area (Å²) >= 11 is 0. The van der Waals surface area contributed by atoms with Gasteiger partial charge in [-0.05, 0) is 29.7 Å². The lowest BCUT2D eigenvalue weighted by Gasteiger charge is -2.51. The molecule has 5 rings (SSSR count). The maximum absolute atomic E-state index is 12.9. The Bertz CT molecular complexity index is 1090. The van der Waals surface area contributed by atoms with Crippen molar-refractivity contribution in [3.63, 3.8) is 0 Å². The largest absolute Gasteiger partial charge is 0.445 e. The van der Waals surface area contributed by atoms with Crippen molar-refractivity contribution < 1.29 is 19.4 Å². The number of piperidine rings is 1. The smallest absolute Gasteiger partial charge is 0.410 e. The van der Waals surface area contributed by atoms with Gasteiger partial charge in [-0.3, -0.25) is 9.88 Å². The van der Waals surface area contributed by atoms with E-state index in [1.165, 1.54) is 0 Å². The van der Waals surface area contributed by atoms with Crippen LogP contribution in [0.3, 0.4) is 0 Å². The van der Waals surface area contributed by atoms with Gasteiger partial charge in [-0.15, -0.1) is 0 Å². The predicted molar refractivity (Wildman–Crippen MR) is 116 cm³/mol. The molecule has 2 unspecified atom stereocenters. The van der Waals surface area contributed by atoms with Crippen LogP contribution in [0.15, 0.2) is 60.8 Å². The molecule has 1 N–H and O–H groups in total. The van der Waals surface area contributed by atoms with E-state index < -0.39 is 5.60 Å². The van der Waals surface area contributed by atoms with Gasteiger partial charge in [0.2, 0.25) is 0 Å². The van der Waals surface area contributed by atoms with E-state index in [4.69, 9.17) is 9.47 Å². The highest BCUT2D eigenvalue weighted by molar-refractivity contribution is 5.83. The van der Waals surface area contributed by atoms with E-state index in [-0.39, 0.29) is 24.8 Å². The first-order valence-corrected chi connectivity index (χ1v) is 10.7. The van der Waals surface area contributed by atoms with Gasteiger partial charge in [0, 0.05) is 24.4 Å². The first kappa shape index (κ1) is 20.0. The minimum Gasteiger partial charge on any atom is -0.445 e. The van der Waals surface area contributed by atoms with Gasteiger partial charge in [0.15, 0.2) is 0 Å². The molecule has 0 radical (unpaired) electrons. The third-order valence-corrected chi connectivity index (χ3v) is 6.50. The number of hydrogen-bond donors (Lipinski definition) is 1. The number of aryl methyl sites for hydroxylation is 1. The molecular weight excluding hydrogens is 392 g/mol. The van der Waals surface area contributed by atoms with Crippen molar-refractivity contribution in [3.05, 3.63) is 77.5 Å². The molecule has 2 fully saturated rings. The minimum absolute atomic E-state index is 0.232. The first-order valence-electron chi connectivity index (χ1n) is 10.7. The summed E-state index contributed by atoms with van der Waals surface area (Å²) in [6, 6.07) is 17.1. The zero-order valence-electron chi connectivity index (χ0n) is 17.5. The quantitative estimate of drug-likeness (QED) is 0.698. The minimum atomic E-state index is -1.04. The molecule has 0 aliphatic carbocycles. The van der Waals surface area contributed by atoms with Crippen molar-refractivity contribution in [1.82, 2.24) is 9.88 Å². The summed E-state index contributed by atoms with van der Waals surface area (Å²) in [7, 11) is 0. The zero-order chi connectivity index (χ0) is 21.4. The van der Waals surface area contributed by atoms with E-state index in [0.29, 0.717) is 26.1 Å². The number of amides is 1. The molecule has 1 amide bonds. The molecule has 31 heavy (non-hydrogen) atoms. The number of fused-ring (bicyclic) bond motifs is 3. The summed E-state index contributed by atoms with van der Waals surface area (Å²) in [5.74, 6) is 0. The van der Waals surface area contributed by atoms with Crippen molar-refractivity contribution in [2.75, 3.05) is 13.2 Å². The summed E-state index contributed by atoms with van der Waals surface area (Å²) in [6.45, 7) is 3.03. The van der Waals surface area contributed by atoms with Crippen LogP contribution in [-0.2, 0) is 21.7 Å². The SMILES string of the molecule is Cc1c(C2(O)CC3COCC(C2)N3C(=O)OCc2ccccc2)ccc2cccnc12. The van der Waals surface area contributed by atoms with E-state index in [1.54, 1.807) is 11.1 Å². The van der Waals surface area contributed by atoms with Crippen molar-refractivity contribution in [1.29, 1.82) is 0 Å². The summed E-state index contributed by atoms with van der Waals surface area (Å²) in [6.07, 6.45) is 2.24. The molecule has 2 saturated heterocycles. The Morgan fingerprint density at radius 1 is 1.13 bits per heavy atom. The highest BCUT2D eigenvalue weighted by Crippen LogP contribution is 2.43. The highest BCUT2D eigenvalue weighted by atomic mass is 16.6. The fraction of sp³-hybridized carbons (Fsp3) is 0.360. The number of nitrogens with zero attached hydrogens (tertiary/aromatic N) is 2. The topological polar surface area (TPSA) is 71.9 Å². The normalized spacial score (nSPS) is 25.4. The molecule has 6 heteroatoms. The van der Waals surface area contributed by atoms with Crippen molar-refractivity contribution in [3.8, 4) is 0 Å². The van der Waals surface area contributed by atoms with Crippen molar-refractivity contribution in [2.45, 2.75) is 44.1 Å². The van der Waals surface area contributed by atoms with E-state index in [9.17, 15) is 9.90 Å². The van der Waals surface area contributed by atoms with Crippen LogP contribution in [0, 0.1) is 6.92 Å². The molecule has 2 aliphatic heterocycles. The van der Waals surface area contributed by atoms with Crippen molar-refractivity contribution in [2.24, 2.45) is 0 Å². The molecule has 3 aromatic rings. The number of pyridine rings is 1. The second-order valence-corrected chi connectivity index (χ2v) is 8.55. The maximum Gasteiger partial charge on any atom is 0.410 e. The molecule has 2 aromatic carbocycles. The second kappa shape index (κ2) is 7.94. The fourth-order valence-electron chi connectivity index (χ4n) is 5.08. The third kappa shape index (κ3) is 3.66. The summed E-state index contributed by atoms with van der Waals surface area (Å²) < 4.78 is 11.3. The van der Waals surface area contributed by atoms with Gasteiger partial charge in [-0.2, -0.15) is 0 Å². The van der Waals surface area contributed by atoms with E-state index in [0.717, 1.165) is 27.6 Å². The number of benzene rings is 2. The Labute approximate surface area is 181 Å². The van der Waals surface area contributed by atoms with Gasteiger partial charge in [0.05, 0.1) is 36.4 Å². The van der Waals surface area contributed by atoms with Crippen LogP contribution < -0.4 is 0 Å². The van der Waals surface area contributed by atoms with E-state index >= 15 is 0 Å². The number of aromatic nitrogens is 1. The van der Waals surface area contributed by atoms with Crippen LogP contribution in [-0.4, -0.2) is 46.4 Å². The Hall–Kier alpha value is -2.96.